The van der Waals surface area contributed by atoms with Crippen molar-refractivity contribution in [2.75, 3.05) is 13.7 Å². The van der Waals surface area contributed by atoms with Gasteiger partial charge in [0, 0.05) is 6.08 Å². The van der Waals surface area contributed by atoms with Crippen molar-refractivity contribution in [1.29, 1.82) is 0 Å². The molecule has 1 fully saturated rings. The second-order valence-electron chi connectivity index (χ2n) is 4.69. The van der Waals surface area contributed by atoms with Crippen molar-refractivity contribution < 1.29 is 34.3 Å². The third-order valence-corrected chi connectivity index (χ3v) is 3.13. The standard InChI is InChI=1S/C15H17O7/c1-20-12-6-9(2-4-10(12)16)3-5-14(18)22-8-13-15(19)11(17)7-21-13/h2-7,11,13,15-17,19H,8H2,1H3/b5-3+/t11-,13-,15+/m0/s1. The molecule has 1 aromatic carbocycles. The number of aromatic hydroxyl groups is 1. The van der Waals surface area contributed by atoms with E-state index in [0.717, 1.165) is 6.61 Å². The van der Waals surface area contributed by atoms with Crippen molar-refractivity contribution in [1.82, 2.24) is 0 Å². The third kappa shape index (κ3) is 3.97. The lowest BCUT2D eigenvalue weighted by atomic mass is 10.1. The monoisotopic (exact) mass is 309 g/mol. The van der Waals surface area contributed by atoms with Gasteiger partial charge >= 0.3 is 5.97 Å². The van der Waals surface area contributed by atoms with Crippen LogP contribution in [-0.2, 0) is 14.3 Å². The van der Waals surface area contributed by atoms with Crippen LogP contribution in [0.15, 0.2) is 24.3 Å². The minimum atomic E-state index is -1.11. The molecule has 7 heteroatoms. The highest BCUT2D eigenvalue weighted by atomic mass is 16.6. The van der Waals surface area contributed by atoms with E-state index in [0.29, 0.717) is 11.3 Å². The molecule has 1 aromatic rings. The Morgan fingerprint density at radius 1 is 1.41 bits per heavy atom. The van der Waals surface area contributed by atoms with E-state index in [-0.39, 0.29) is 12.4 Å². The molecule has 1 radical (unpaired) electrons. The number of phenols is 1. The Morgan fingerprint density at radius 2 is 2.18 bits per heavy atom. The van der Waals surface area contributed by atoms with Crippen LogP contribution in [0.25, 0.3) is 6.08 Å². The number of aliphatic hydroxyl groups excluding tert-OH is 2. The molecule has 0 aromatic heterocycles. The number of benzene rings is 1. The third-order valence-electron chi connectivity index (χ3n) is 3.13. The molecular formula is C15H17O7. The van der Waals surface area contributed by atoms with Crippen molar-refractivity contribution in [2.24, 2.45) is 0 Å². The van der Waals surface area contributed by atoms with Gasteiger partial charge in [-0.05, 0) is 23.8 Å². The number of hydrogen-bond donors (Lipinski definition) is 3. The molecule has 1 aliphatic rings. The van der Waals surface area contributed by atoms with Crippen molar-refractivity contribution in [2.45, 2.75) is 18.3 Å². The molecule has 22 heavy (non-hydrogen) atoms. The fraction of sp³-hybridized carbons (Fsp3) is 0.333. The van der Waals surface area contributed by atoms with Crippen LogP contribution in [0.4, 0.5) is 0 Å². The lowest BCUT2D eigenvalue weighted by Crippen LogP contribution is -2.33. The highest BCUT2D eigenvalue weighted by Gasteiger charge is 2.35. The minimum Gasteiger partial charge on any atom is -0.504 e. The number of rotatable bonds is 5. The molecule has 119 valence electrons. The number of hydrogen-bond acceptors (Lipinski definition) is 7. The minimum absolute atomic E-state index is 0.00408. The number of carbonyl (C=O) groups excluding carboxylic acids is 1. The summed E-state index contributed by atoms with van der Waals surface area (Å²) in [6.07, 6.45) is -0.271. The van der Waals surface area contributed by atoms with E-state index < -0.39 is 24.3 Å². The molecule has 3 atom stereocenters. The Balaban J connectivity index is 1.86. The quantitative estimate of drug-likeness (QED) is 0.528. The largest absolute Gasteiger partial charge is 0.504 e. The number of ether oxygens (including phenoxy) is 3. The number of methoxy groups -OCH3 is 1. The zero-order valence-corrected chi connectivity index (χ0v) is 11.9. The highest BCUT2D eigenvalue weighted by Crippen LogP contribution is 2.26. The predicted molar refractivity (Wildman–Crippen MR) is 75.8 cm³/mol. The number of esters is 1. The van der Waals surface area contributed by atoms with Gasteiger partial charge in [-0.25, -0.2) is 4.79 Å². The van der Waals surface area contributed by atoms with Gasteiger partial charge in [0.25, 0.3) is 0 Å². The van der Waals surface area contributed by atoms with Gasteiger partial charge in [0.05, 0.1) is 7.11 Å². The average molecular weight is 309 g/mol. The molecule has 0 saturated carbocycles. The lowest BCUT2D eigenvalue weighted by molar-refractivity contribution is -0.142. The summed E-state index contributed by atoms with van der Waals surface area (Å²) in [5.41, 5.74) is 0.646. The van der Waals surface area contributed by atoms with Crippen molar-refractivity contribution in [3.05, 3.63) is 36.4 Å². The maximum absolute atomic E-state index is 11.6. The zero-order valence-electron chi connectivity index (χ0n) is 11.9. The Labute approximate surface area is 127 Å². The number of aliphatic hydroxyl groups is 2. The summed E-state index contributed by atoms with van der Waals surface area (Å²) in [5.74, 6) is -0.323. The molecular weight excluding hydrogens is 292 g/mol. The van der Waals surface area contributed by atoms with Gasteiger partial charge in [0.15, 0.2) is 11.5 Å². The molecule has 3 N–H and O–H groups in total. The van der Waals surface area contributed by atoms with E-state index >= 15 is 0 Å². The first-order valence-electron chi connectivity index (χ1n) is 6.58. The van der Waals surface area contributed by atoms with Gasteiger partial charge in [-0.15, -0.1) is 0 Å². The van der Waals surface area contributed by atoms with E-state index in [9.17, 15) is 20.1 Å². The fourth-order valence-electron chi connectivity index (χ4n) is 1.87. The smallest absolute Gasteiger partial charge is 0.330 e. The summed E-state index contributed by atoms with van der Waals surface area (Å²) < 4.78 is 14.8. The second-order valence-corrected chi connectivity index (χ2v) is 4.69. The van der Waals surface area contributed by atoms with Crippen LogP contribution in [0.3, 0.4) is 0 Å². The molecule has 0 bridgehead atoms. The molecule has 1 aliphatic heterocycles. The lowest BCUT2D eigenvalue weighted by Gasteiger charge is -2.13. The first kappa shape index (κ1) is 16.3. The van der Waals surface area contributed by atoms with Gasteiger partial charge in [0.2, 0.25) is 0 Å². The fourth-order valence-corrected chi connectivity index (χ4v) is 1.87. The summed E-state index contributed by atoms with van der Waals surface area (Å²) in [5, 5.41) is 28.2. The summed E-state index contributed by atoms with van der Waals surface area (Å²) in [6.45, 7) is 0.929. The zero-order chi connectivity index (χ0) is 16.1. The Bertz CT molecular complexity index is 555. The molecule has 0 aliphatic carbocycles. The molecule has 1 saturated heterocycles. The predicted octanol–water partition coefficient (Wildman–Crippen LogP) is 0.240. The van der Waals surface area contributed by atoms with Crippen LogP contribution in [0.5, 0.6) is 11.5 Å². The van der Waals surface area contributed by atoms with Gasteiger partial charge in [0.1, 0.15) is 31.5 Å². The Kier molecular flexibility index (Phi) is 5.37. The van der Waals surface area contributed by atoms with E-state index in [1.807, 2.05) is 0 Å². The maximum Gasteiger partial charge on any atom is 0.330 e. The van der Waals surface area contributed by atoms with Gasteiger partial charge in [-0.1, -0.05) is 6.07 Å². The van der Waals surface area contributed by atoms with E-state index in [1.165, 1.54) is 25.3 Å². The summed E-state index contributed by atoms with van der Waals surface area (Å²) in [6, 6.07) is 4.62. The Morgan fingerprint density at radius 3 is 2.82 bits per heavy atom. The summed E-state index contributed by atoms with van der Waals surface area (Å²) >= 11 is 0. The average Bonchev–Trinajstić information content (AvgIpc) is 2.83. The Hall–Kier alpha value is -2.09. The molecule has 2 rings (SSSR count). The van der Waals surface area contributed by atoms with Crippen LogP contribution < -0.4 is 4.74 Å². The number of carbonyl (C=O) groups is 1. The van der Waals surface area contributed by atoms with Crippen LogP contribution in [-0.4, -0.2) is 53.3 Å². The normalized spacial score (nSPS) is 24.6. The summed E-state index contributed by atoms with van der Waals surface area (Å²) in [4.78, 5) is 11.6. The van der Waals surface area contributed by atoms with E-state index in [4.69, 9.17) is 14.2 Å². The topological polar surface area (TPSA) is 105 Å². The van der Waals surface area contributed by atoms with Gasteiger partial charge in [-0.2, -0.15) is 0 Å². The molecule has 0 spiro atoms. The van der Waals surface area contributed by atoms with Crippen LogP contribution in [0.2, 0.25) is 0 Å². The first-order chi connectivity index (χ1) is 10.5. The van der Waals surface area contributed by atoms with Crippen LogP contribution in [0, 0.1) is 6.61 Å². The summed E-state index contributed by atoms with van der Waals surface area (Å²) in [7, 11) is 1.43. The second kappa shape index (κ2) is 7.26. The van der Waals surface area contributed by atoms with Crippen LogP contribution in [0.1, 0.15) is 5.56 Å². The highest BCUT2D eigenvalue weighted by molar-refractivity contribution is 5.87. The molecule has 0 unspecified atom stereocenters. The van der Waals surface area contributed by atoms with Crippen molar-refractivity contribution >= 4 is 12.0 Å². The maximum atomic E-state index is 11.6. The molecule has 7 nitrogen and oxygen atoms in total. The SMILES string of the molecule is COc1cc(/C=C/C(=O)OC[C@@H]2O[CH][C@H](O)[C@H]2O)ccc1O. The van der Waals surface area contributed by atoms with Gasteiger partial charge in [-0.3, -0.25) is 0 Å². The number of phenolic OH excluding ortho intramolecular Hbond substituents is 1. The van der Waals surface area contributed by atoms with E-state index in [1.54, 1.807) is 12.1 Å². The molecule has 1 heterocycles. The molecule has 0 amide bonds. The first-order valence-corrected chi connectivity index (χ1v) is 6.58. The van der Waals surface area contributed by atoms with E-state index in [2.05, 4.69) is 0 Å². The van der Waals surface area contributed by atoms with Crippen molar-refractivity contribution in [3.63, 3.8) is 0 Å². The van der Waals surface area contributed by atoms with Crippen molar-refractivity contribution in [3.8, 4) is 11.5 Å². The van der Waals surface area contributed by atoms with Crippen LogP contribution >= 0.6 is 0 Å². The van der Waals surface area contributed by atoms with Gasteiger partial charge < -0.3 is 29.5 Å².